The molecule has 0 unspecified atom stereocenters. The van der Waals surface area contributed by atoms with Crippen molar-refractivity contribution >= 4 is 24.0 Å². The summed E-state index contributed by atoms with van der Waals surface area (Å²) in [6.07, 6.45) is -0.254. The molecule has 0 aromatic heterocycles. The number of carbonyl (C=O) groups excluding carboxylic acids is 4. The van der Waals surface area contributed by atoms with Gasteiger partial charge < -0.3 is 9.47 Å². The summed E-state index contributed by atoms with van der Waals surface area (Å²) < 4.78 is 10.2. The van der Waals surface area contributed by atoms with Crippen molar-refractivity contribution in [3.05, 3.63) is 71.8 Å². The van der Waals surface area contributed by atoms with Gasteiger partial charge in [0, 0.05) is 12.8 Å². The highest BCUT2D eigenvalue weighted by Gasteiger charge is 2.39. The van der Waals surface area contributed by atoms with Gasteiger partial charge in [0.05, 0.1) is 0 Å². The molecule has 0 N–H and O–H groups in total. The Morgan fingerprint density at radius 1 is 0.688 bits per heavy atom. The van der Waals surface area contributed by atoms with Gasteiger partial charge in [0.15, 0.2) is 0 Å². The summed E-state index contributed by atoms with van der Waals surface area (Å²) in [5.41, 5.74) is 1.67. The van der Waals surface area contributed by atoms with Crippen LogP contribution in [0.25, 0.3) is 0 Å². The van der Waals surface area contributed by atoms with Crippen LogP contribution in [-0.2, 0) is 19.1 Å². The maximum atomic E-state index is 12.7. The van der Waals surface area contributed by atoms with Crippen molar-refractivity contribution < 1.29 is 28.7 Å². The summed E-state index contributed by atoms with van der Waals surface area (Å²) in [5, 5.41) is 0. The lowest BCUT2D eigenvalue weighted by molar-refractivity contribution is -0.131. The Kier molecular flexibility index (Phi) is 6.49. The number of nitrogens with zero attached hydrogens (tertiary/aromatic N) is 2. The number of imide groups is 2. The zero-order valence-electron chi connectivity index (χ0n) is 17.5. The Labute approximate surface area is 185 Å². The first-order valence-electron chi connectivity index (χ1n) is 10.6. The van der Waals surface area contributed by atoms with Crippen molar-refractivity contribution in [3.8, 4) is 0 Å². The van der Waals surface area contributed by atoms with Crippen LogP contribution in [0.4, 0.5) is 9.59 Å². The quantitative estimate of drug-likeness (QED) is 0.610. The molecule has 0 radical (unpaired) electrons. The normalized spacial score (nSPS) is 20.2. The minimum atomic E-state index is -0.648. The number of unbranched alkanes of at least 4 members (excludes halogenated alkanes) is 1. The molecule has 0 aliphatic carbocycles. The third kappa shape index (κ3) is 4.49. The maximum Gasteiger partial charge on any atom is 0.417 e. The molecule has 0 spiro atoms. The number of rotatable bonds is 7. The summed E-state index contributed by atoms with van der Waals surface area (Å²) in [6, 6.07) is 17.6. The molecule has 2 saturated heterocycles. The Morgan fingerprint density at radius 3 is 1.44 bits per heavy atom. The number of amides is 4. The molecule has 2 aliphatic rings. The van der Waals surface area contributed by atoms with Crippen LogP contribution in [0.15, 0.2) is 60.7 Å². The molecule has 4 rings (SSSR count). The summed E-state index contributed by atoms with van der Waals surface area (Å²) in [6.45, 7) is 0.260. The molecule has 4 amide bonds. The Hall–Kier alpha value is -3.68. The van der Waals surface area contributed by atoms with Crippen LogP contribution in [0.5, 0.6) is 0 Å². The Balaban J connectivity index is 1.30. The molecule has 2 aromatic rings. The second kappa shape index (κ2) is 9.64. The van der Waals surface area contributed by atoms with Gasteiger partial charge in [0.25, 0.3) is 0 Å². The van der Waals surface area contributed by atoms with E-state index in [4.69, 9.17) is 9.47 Å². The second-order valence-electron chi connectivity index (χ2n) is 7.74. The summed E-state index contributed by atoms with van der Waals surface area (Å²) in [5.74, 6) is -0.673. The Bertz CT molecular complexity index is 913. The predicted molar refractivity (Wildman–Crippen MR) is 113 cm³/mol. The third-order valence-electron chi connectivity index (χ3n) is 5.68. The molecule has 2 fully saturated rings. The van der Waals surface area contributed by atoms with Crippen LogP contribution in [0, 0.1) is 0 Å². The first-order valence-corrected chi connectivity index (χ1v) is 10.6. The van der Waals surface area contributed by atoms with Gasteiger partial charge in [-0.25, -0.2) is 19.4 Å². The molecule has 2 atom stereocenters. The van der Waals surface area contributed by atoms with Crippen molar-refractivity contribution in [2.75, 3.05) is 13.2 Å². The number of hydrogen-bond donors (Lipinski definition) is 0. The van der Waals surface area contributed by atoms with Crippen LogP contribution >= 0.6 is 0 Å². The zero-order valence-corrected chi connectivity index (χ0v) is 17.5. The van der Waals surface area contributed by atoms with E-state index in [1.54, 1.807) is 0 Å². The van der Waals surface area contributed by atoms with Gasteiger partial charge in [-0.1, -0.05) is 60.7 Å². The summed E-state index contributed by atoms with van der Waals surface area (Å²) in [4.78, 5) is 51.9. The second-order valence-corrected chi connectivity index (χ2v) is 7.74. The SMILES string of the molecule is O=C(CCCCC(=O)N1C(=O)OC[C@@H]1c1ccccc1)N1C(=O)OC[C@@H]1c1ccccc1. The van der Waals surface area contributed by atoms with E-state index in [9.17, 15) is 19.2 Å². The van der Waals surface area contributed by atoms with Crippen molar-refractivity contribution in [3.63, 3.8) is 0 Å². The summed E-state index contributed by atoms with van der Waals surface area (Å²) in [7, 11) is 0. The van der Waals surface area contributed by atoms with Crippen LogP contribution in [0.2, 0.25) is 0 Å². The van der Waals surface area contributed by atoms with Gasteiger partial charge in [0.2, 0.25) is 11.8 Å². The van der Waals surface area contributed by atoms with E-state index in [0.29, 0.717) is 12.8 Å². The summed E-state index contributed by atoms with van der Waals surface area (Å²) >= 11 is 0. The van der Waals surface area contributed by atoms with Gasteiger partial charge in [0.1, 0.15) is 25.3 Å². The van der Waals surface area contributed by atoms with E-state index < -0.39 is 24.3 Å². The largest absolute Gasteiger partial charge is 0.446 e. The third-order valence-corrected chi connectivity index (χ3v) is 5.68. The fourth-order valence-electron chi connectivity index (χ4n) is 4.03. The smallest absolute Gasteiger partial charge is 0.417 e. The first kappa shape index (κ1) is 21.5. The van der Waals surface area contributed by atoms with Crippen molar-refractivity contribution in [1.29, 1.82) is 0 Å². The zero-order chi connectivity index (χ0) is 22.5. The molecule has 2 heterocycles. The molecule has 166 valence electrons. The number of cyclic esters (lactones) is 2. The molecule has 2 aliphatic heterocycles. The highest BCUT2D eigenvalue weighted by atomic mass is 16.6. The lowest BCUT2D eigenvalue weighted by Crippen LogP contribution is -2.34. The van der Waals surface area contributed by atoms with Crippen LogP contribution in [0.3, 0.4) is 0 Å². The molecule has 32 heavy (non-hydrogen) atoms. The fourth-order valence-corrected chi connectivity index (χ4v) is 4.03. The average Bonchev–Trinajstić information content (AvgIpc) is 3.40. The minimum absolute atomic E-state index is 0.109. The van der Waals surface area contributed by atoms with Gasteiger partial charge in [-0.2, -0.15) is 0 Å². The molecular weight excluding hydrogens is 412 g/mol. The van der Waals surface area contributed by atoms with Crippen LogP contribution in [0.1, 0.15) is 48.9 Å². The van der Waals surface area contributed by atoms with Crippen molar-refractivity contribution in [1.82, 2.24) is 9.80 Å². The predicted octanol–water partition coefficient (Wildman–Crippen LogP) is 3.99. The lowest BCUT2D eigenvalue weighted by Gasteiger charge is -2.21. The number of carbonyl (C=O) groups is 4. The molecule has 0 bridgehead atoms. The van der Waals surface area contributed by atoms with Crippen molar-refractivity contribution in [2.45, 2.75) is 37.8 Å². The lowest BCUT2D eigenvalue weighted by atomic mass is 10.1. The Morgan fingerprint density at radius 2 is 1.06 bits per heavy atom. The van der Waals surface area contributed by atoms with Crippen molar-refractivity contribution in [2.24, 2.45) is 0 Å². The van der Waals surface area contributed by atoms with E-state index >= 15 is 0 Å². The van der Waals surface area contributed by atoms with E-state index in [-0.39, 0.29) is 37.9 Å². The fraction of sp³-hybridized carbons (Fsp3) is 0.333. The number of ether oxygens (including phenoxy) is 2. The van der Waals surface area contributed by atoms with Gasteiger partial charge in [-0.05, 0) is 24.0 Å². The number of hydrogen-bond acceptors (Lipinski definition) is 6. The minimum Gasteiger partial charge on any atom is -0.446 e. The monoisotopic (exact) mass is 436 g/mol. The van der Waals surface area contributed by atoms with Crippen LogP contribution in [-0.4, -0.2) is 47.0 Å². The molecule has 8 heteroatoms. The first-order chi connectivity index (χ1) is 15.6. The highest BCUT2D eigenvalue weighted by molar-refractivity contribution is 5.94. The van der Waals surface area contributed by atoms with Gasteiger partial charge >= 0.3 is 12.2 Å². The molecule has 2 aromatic carbocycles. The van der Waals surface area contributed by atoms with E-state index in [2.05, 4.69) is 0 Å². The molecule has 0 saturated carbocycles. The number of benzene rings is 2. The average molecular weight is 436 g/mol. The van der Waals surface area contributed by atoms with Crippen LogP contribution < -0.4 is 0 Å². The standard InChI is InChI=1S/C24H24N2O6/c27-21(25-19(15-31-23(25)29)17-9-3-1-4-10-17)13-7-8-14-22(28)26-20(16-32-24(26)30)18-11-5-2-6-12-18/h1-6,9-12,19-20H,7-8,13-16H2/t19-,20-/m1/s1. The molecule has 8 nitrogen and oxygen atoms in total. The van der Waals surface area contributed by atoms with E-state index in [0.717, 1.165) is 20.9 Å². The maximum absolute atomic E-state index is 12.7. The topological polar surface area (TPSA) is 93.2 Å². The van der Waals surface area contributed by atoms with Gasteiger partial charge in [-0.15, -0.1) is 0 Å². The highest BCUT2D eigenvalue weighted by Crippen LogP contribution is 2.30. The van der Waals surface area contributed by atoms with Gasteiger partial charge in [-0.3, -0.25) is 9.59 Å². The van der Waals surface area contributed by atoms with E-state index in [1.165, 1.54) is 0 Å². The van der Waals surface area contributed by atoms with E-state index in [1.807, 2.05) is 60.7 Å². The molecular formula is C24H24N2O6.